The Bertz CT molecular complexity index is 326. The van der Waals surface area contributed by atoms with Crippen LogP contribution in [-0.4, -0.2) is 24.0 Å². The number of nitro benzene ring substituents is 1. The molecule has 0 amide bonds. The zero-order chi connectivity index (χ0) is 11.3. The molecule has 1 rings (SSSR count). The monoisotopic (exact) mass is 229 g/mol. The molecular weight excluding hydrogens is 218 g/mol. The van der Waals surface area contributed by atoms with Crippen molar-refractivity contribution in [3.63, 3.8) is 0 Å². The van der Waals surface area contributed by atoms with Gasteiger partial charge in [0, 0.05) is 19.2 Å². The van der Waals surface area contributed by atoms with Crippen LogP contribution in [0.4, 0.5) is 5.69 Å². The van der Waals surface area contributed by atoms with E-state index in [0.29, 0.717) is 13.0 Å². The van der Waals surface area contributed by atoms with Crippen LogP contribution >= 0.6 is 11.6 Å². The third-order valence-electron chi connectivity index (χ3n) is 1.95. The minimum Gasteiger partial charge on any atom is -0.383 e. The minimum atomic E-state index is -0.420. The van der Waals surface area contributed by atoms with Gasteiger partial charge in [0.25, 0.3) is 5.69 Å². The van der Waals surface area contributed by atoms with Gasteiger partial charge in [0.05, 0.1) is 16.9 Å². The number of alkyl halides is 1. The summed E-state index contributed by atoms with van der Waals surface area (Å²) < 4.78 is 4.90. The largest absolute Gasteiger partial charge is 0.383 e. The standard InChI is InChI=1S/C10H12ClNO3/c1-15-7-9(11)6-8-2-4-10(5-3-8)12(13)14/h2-5,9H,6-7H2,1H3. The highest BCUT2D eigenvalue weighted by Crippen LogP contribution is 2.14. The molecule has 0 aliphatic carbocycles. The summed E-state index contributed by atoms with van der Waals surface area (Å²) in [5.74, 6) is 0. The molecule has 1 aromatic carbocycles. The average molecular weight is 230 g/mol. The normalized spacial score (nSPS) is 12.4. The number of nitro groups is 1. The van der Waals surface area contributed by atoms with Crippen LogP contribution < -0.4 is 0 Å². The maximum absolute atomic E-state index is 10.4. The number of ether oxygens (including phenoxy) is 1. The summed E-state index contributed by atoms with van der Waals surface area (Å²) in [4.78, 5) is 9.98. The molecule has 82 valence electrons. The second-order valence-corrected chi connectivity index (χ2v) is 3.80. The van der Waals surface area contributed by atoms with Gasteiger partial charge in [-0.3, -0.25) is 10.1 Å². The molecule has 0 fully saturated rings. The number of halogens is 1. The van der Waals surface area contributed by atoms with Gasteiger partial charge >= 0.3 is 0 Å². The highest BCUT2D eigenvalue weighted by Gasteiger charge is 2.08. The maximum Gasteiger partial charge on any atom is 0.269 e. The molecule has 0 heterocycles. The lowest BCUT2D eigenvalue weighted by Gasteiger charge is -2.07. The molecule has 0 spiro atoms. The summed E-state index contributed by atoms with van der Waals surface area (Å²) in [5.41, 5.74) is 1.06. The van der Waals surface area contributed by atoms with Crippen LogP contribution in [0.25, 0.3) is 0 Å². The van der Waals surface area contributed by atoms with E-state index in [1.165, 1.54) is 12.1 Å². The van der Waals surface area contributed by atoms with E-state index < -0.39 is 4.92 Å². The number of nitrogens with zero attached hydrogens (tertiary/aromatic N) is 1. The zero-order valence-corrected chi connectivity index (χ0v) is 9.11. The lowest BCUT2D eigenvalue weighted by Crippen LogP contribution is -2.10. The Morgan fingerprint density at radius 1 is 1.47 bits per heavy atom. The lowest BCUT2D eigenvalue weighted by atomic mass is 10.1. The van der Waals surface area contributed by atoms with Crippen molar-refractivity contribution in [2.24, 2.45) is 0 Å². The number of benzene rings is 1. The van der Waals surface area contributed by atoms with Crippen molar-refractivity contribution in [1.82, 2.24) is 0 Å². The molecule has 0 radical (unpaired) electrons. The molecule has 0 aliphatic heterocycles. The molecule has 0 aromatic heterocycles. The van der Waals surface area contributed by atoms with E-state index >= 15 is 0 Å². The van der Waals surface area contributed by atoms with Crippen LogP contribution in [0.15, 0.2) is 24.3 Å². The Morgan fingerprint density at radius 3 is 2.53 bits per heavy atom. The molecule has 15 heavy (non-hydrogen) atoms. The van der Waals surface area contributed by atoms with Crippen molar-refractivity contribution >= 4 is 17.3 Å². The van der Waals surface area contributed by atoms with Crippen LogP contribution in [0.1, 0.15) is 5.56 Å². The van der Waals surface area contributed by atoms with Crippen molar-refractivity contribution in [1.29, 1.82) is 0 Å². The summed E-state index contributed by atoms with van der Waals surface area (Å²) in [6, 6.07) is 6.38. The molecule has 0 aliphatic rings. The van der Waals surface area contributed by atoms with Crippen LogP contribution in [0.2, 0.25) is 0 Å². The predicted octanol–water partition coefficient (Wildman–Crippen LogP) is 2.39. The summed E-state index contributed by atoms with van der Waals surface area (Å²) in [5, 5.41) is 10.3. The van der Waals surface area contributed by atoms with Crippen molar-refractivity contribution in [3.8, 4) is 0 Å². The number of non-ortho nitro benzene ring substituents is 1. The Balaban J connectivity index is 2.60. The number of methoxy groups -OCH3 is 1. The van der Waals surface area contributed by atoms with Gasteiger partial charge in [-0.05, 0) is 12.0 Å². The van der Waals surface area contributed by atoms with Gasteiger partial charge in [-0.25, -0.2) is 0 Å². The Kier molecular flexibility index (Phi) is 4.52. The van der Waals surface area contributed by atoms with Crippen molar-refractivity contribution < 1.29 is 9.66 Å². The van der Waals surface area contributed by atoms with Crippen LogP contribution in [-0.2, 0) is 11.2 Å². The van der Waals surface area contributed by atoms with E-state index in [1.807, 2.05) is 0 Å². The van der Waals surface area contributed by atoms with Crippen LogP contribution in [0.3, 0.4) is 0 Å². The van der Waals surface area contributed by atoms with Gasteiger partial charge in [-0.2, -0.15) is 0 Å². The van der Waals surface area contributed by atoms with Crippen molar-refractivity contribution in [2.45, 2.75) is 11.8 Å². The Labute approximate surface area is 93.0 Å². The van der Waals surface area contributed by atoms with E-state index in [4.69, 9.17) is 16.3 Å². The Morgan fingerprint density at radius 2 is 2.07 bits per heavy atom. The molecule has 1 aromatic rings. The first-order chi connectivity index (χ1) is 7.13. The Hall–Kier alpha value is -1.13. The number of hydrogen-bond acceptors (Lipinski definition) is 3. The minimum absolute atomic E-state index is 0.0941. The topological polar surface area (TPSA) is 52.4 Å². The van der Waals surface area contributed by atoms with Gasteiger partial charge in [0.2, 0.25) is 0 Å². The van der Waals surface area contributed by atoms with E-state index in [9.17, 15) is 10.1 Å². The van der Waals surface area contributed by atoms with Crippen molar-refractivity contribution in [2.75, 3.05) is 13.7 Å². The fourth-order valence-corrected chi connectivity index (χ4v) is 1.55. The summed E-state index contributed by atoms with van der Waals surface area (Å²) in [6.07, 6.45) is 0.646. The lowest BCUT2D eigenvalue weighted by molar-refractivity contribution is -0.384. The molecule has 1 atom stereocenters. The van der Waals surface area contributed by atoms with Gasteiger partial charge in [0.15, 0.2) is 0 Å². The third-order valence-corrected chi connectivity index (χ3v) is 2.23. The molecule has 0 saturated carbocycles. The predicted molar refractivity (Wildman–Crippen MR) is 58.3 cm³/mol. The fourth-order valence-electron chi connectivity index (χ4n) is 1.25. The highest BCUT2D eigenvalue weighted by molar-refractivity contribution is 6.20. The molecule has 0 N–H and O–H groups in total. The van der Waals surface area contributed by atoms with Crippen molar-refractivity contribution in [3.05, 3.63) is 39.9 Å². The first kappa shape index (κ1) is 11.9. The second-order valence-electron chi connectivity index (χ2n) is 3.18. The highest BCUT2D eigenvalue weighted by atomic mass is 35.5. The zero-order valence-electron chi connectivity index (χ0n) is 8.35. The molecular formula is C10H12ClNO3. The van der Waals surface area contributed by atoms with Gasteiger partial charge in [-0.1, -0.05) is 12.1 Å². The second kappa shape index (κ2) is 5.68. The summed E-state index contributed by atoms with van der Waals surface area (Å²) >= 11 is 5.96. The summed E-state index contributed by atoms with van der Waals surface area (Å²) in [6.45, 7) is 0.471. The number of rotatable bonds is 5. The van der Waals surface area contributed by atoms with Gasteiger partial charge in [-0.15, -0.1) is 11.6 Å². The first-order valence-corrected chi connectivity index (χ1v) is 4.93. The molecule has 1 unspecified atom stereocenters. The van der Waals surface area contributed by atoms with Gasteiger partial charge < -0.3 is 4.74 Å². The fraction of sp³-hybridized carbons (Fsp3) is 0.400. The molecule has 5 heteroatoms. The summed E-state index contributed by atoms with van der Waals surface area (Å²) in [7, 11) is 1.59. The van der Waals surface area contributed by atoms with E-state index in [1.54, 1.807) is 19.2 Å². The molecule has 4 nitrogen and oxygen atoms in total. The number of hydrogen-bond donors (Lipinski definition) is 0. The van der Waals surface area contributed by atoms with E-state index in [0.717, 1.165) is 5.56 Å². The first-order valence-electron chi connectivity index (χ1n) is 4.50. The smallest absolute Gasteiger partial charge is 0.269 e. The molecule has 0 bridgehead atoms. The van der Waals surface area contributed by atoms with Crippen LogP contribution in [0.5, 0.6) is 0 Å². The van der Waals surface area contributed by atoms with Crippen LogP contribution in [0, 0.1) is 10.1 Å². The SMILES string of the molecule is COCC(Cl)Cc1ccc([N+](=O)[O-])cc1. The maximum atomic E-state index is 10.4. The van der Waals surface area contributed by atoms with E-state index in [2.05, 4.69) is 0 Å². The average Bonchev–Trinajstić information content (AvgIpc) is 2.18. The molecule has 0 saturated heterocycles. The van der Waals surface area contributed by atoms with E-state index in [-0.39, 0.29) is 11.1 Å². The van der Waals surface area contributed by atoms with Gasteiger partial charge in [0.1, 0.15) is 0 Å². The quantitative estimate of drug-likeness (QED) is 0.443. The third kappa shape index (κ3) is 3.85.